The Morgan fingerprint density at radius 3 is 2.63 bits per heavy atom. The average molecular weight is 432 g/mol. The molecule has 0 radical (unpaired) electrons. The molecule has 0 spiro atoms. The fraction of sp³-hybridized carbons (Fsp3) is 0.300. The molecule has 0 unspecified atom stereocenters. The quantitative estimate of drug-likeness (QED) is 0.656. The summed E-state index contributed by atoms with van der Waals surface area (Å²) in [5, 5.41) is 0. The van der Waals surface area contributed by atoms with Gasteiger partial charge in [0.1, 0.15) is 12.4 Å². The number of carbonyl (C=O) groups is 1. The second kappa shape index (κ2) is 8.90. The van der Waals surface area contributed by atoms with Crippen LogP contribution < -0.4 is 14.4 Å². The van der Waals surface area contributed by atoms with Crippen LogP contribution in [0.4, 0.5) is 5.82 Å². The number of rotatable bonds is 6. The predicted octanol–water partition coefficient (Wildman–Crippen LogP) is 3.38. The van der Waals surface area contributed by atoms with Crippen LogP contribution in [0.15, 0.2) is 53.7 Å². The molecule has 27 heavy (non-hydrogen) atoms. The number of piperazine rings is 1. The monoisotopic (exact) mass is 431 g/mol. The molecule has 6 nitrogen and oxygen atoms in total. The van der Waals surface area contributed by atoms with E-state index in [2.05, 4.69) is 32.4 Å². The molecule has 0 aliphatic carbocycles. The Kier molecular flexibility index (Phi) is 6.34. The van der Waals surface area contributed by atoms with Crippen molar-refractivity contribution in [2.75, 3.05) is 44.8 Å². The third-order valence-electron chi connectivity index (χ3n) is 4.37. The van der Waals surface area contributed by atoms with E-state index in [1.807, 2.05) is 17.0 Å². The van der Waals surface area contributed by atoms with E-state index in [0.29, 0.717) is 36.8 Å². The van der Waals surface area contributed by atoms with Crippen LogP contribution in [0.1, 0.15) is 10.4 Å². The Morgan fingerprint density at radius 2 is 2.00 bits per heavy atom. The first kappa shape index (κ1) is 19.2. The molecule has 142 valence electrons. The third-order valence-corrected chi connectivity index (χ3v) is 4.84. The smallest absolute Gasteiger partial charge is 0.254 e. The SMILES string of the molecule is C=CCOc1ccc(C(=O)N2CCN(c3ccc(Br)cn3)CC2)cc1OC. The maximum atomic E-state index is 12.9. The Bertz CT molecular complexity index is 803. The number of methoxy groups -OCH3 is 1. The van der Waals surface area contributed by atoms with Gasteiger partial charge < -0.3 is 19.3 Å². The van der Waals surface area contributed by atoms with Gasteiger partial charge in [-0.05, 0) is 46.3 Å². The van der Waals surface area contributed by atoms with Gasteiger partial charge >= 0.3 is 0 Å². The number of anilines is 1. The zero-order chi connectivity index (χ0) is 19.2. The highest BCUT2D eigenvalue weighted by atomic mass is 79.9. The lowest BCUT2D eigenvalue weighted by Gasteiger charge is -2.35. The minimum Gasteiger partial charge on any atom is -0.493 e. The van der Waals surface area contributed by atoms with E-state index in [1.54, 1.807) is 37.6 Å². The summed E-state index contributed by atoms with van der Waals surface area (Å²) in [4.78, 5) is 21.3. The molecule has 0 saturated carbocycles. The van der Waals surface area contributed by atoms with Crippen molar-refractivity contribution in [2.24, 2.45) is 0 Å². The van der Waals surface area contributed by atoms with Crippen molar-refractivity contribution in [3.8, 4) is 11.5 Å². The van der Waals surface area contributed by atoms with E-state index in [-0.39, 0.29) is 5.91 Å². The molecule has 1 aromatic heterocycles. The summed E-state index contributed by atoms with van der Waals surface area (Å²) < 4.78 is 11.9. The summed E-state index contributed by atoms with van der Waals surface area (Å²) in [6.07, 6.45) is 3.45. The fourth-order valence-electron chi connectivity index (χ4n) is 2.94. The Labute approximate surface area is 167 Å². The number of carbonyl (C=O) groups excluding carboxylic acids is 1. The number of hydrogen-bond donors (Lipinski definition) is 0. The Morgan fingerprint density at radius 1 is 1.22 bits per heavy atom. The molecule has 0 atom stereocenters. The first-order chi connectivity index (χ1) is 13.1. The van der Waals surface area contributed by atoms with Crippen molar-refractivity contribution in [2.45, 2.75) is 0 Å². The molecule has 1 aliphatic rings. The number of pyridine rings is 1. The van der Waals surface area contributed by atoms with Crippen LogP contribution in [-0.2, 0) is 0 Å². The number of halogens is 1. The van der Waals surface area contributed by atoms with E-state index in [4.69, 9.17) is 9.47 Å². The highest BCUT2D eigenvalue weighted by Crippen LogP contribution is 2.29. The van der Waals surface area contributed by atoms with Crippen LogP contribution in [0.2, 0.25) is 0 Å². The van der Waals surface area contributed by atoms with Gasteiger partial charge in [0, 0.05) is 42.4 Å². The van der Waals surface area contributed by atoms with Crippen LogP contribution in [0, 0.1) is 0 Å². The van der Waals surface area contributed by atoms with Crippen molar-refractivity contribution >= 4 is 27.7 Å². The molecule has 7 heteroatoms. The average Bonchev–Trinajstić information content (AvgIpc) is 2.72. The molecule has 0 bridgehead atoms. The summed E-state index contributed by atoms with van der Waals surface area (Å²) in [5.74, 6) is 2.06. The molecular formula is C20H22BrN3O3. The van der Waals surface area contributed by atoms with Crippen LogP contribution in [-0.4, -0.2) is 55.7 Å². The number of ether oxygens (including phenoxy) is 2. The summed E-state index contributed by atoms with van der Waals surface area (Å²) in [6, 6.07) is 9.21. The second-order valence-corrected chi connectivity index (χ2v) is 6.99. The molecule has 1 aromatic carbocycles. The molecule has 2 heterocycles. The van der Waals surface area contributed by atoms with Gasteiger partial charge in [0.25, 0.3) is 5.91 Å². The number of nitrogens with zero attached hydrogens (tertiary/aromatic N) is 3. The molecular weight excluding hydrogens is 410 g/mol. The molecule has 1 fully saturated rings. The Balaban J connectivity index is 1.65. The van der Waals surface area contributed by atoms with Crippen LogP contribution in [0.5, 0.6) is 11.5 Å². The van der Waals surface area contributed by atoms with Crippen LogP contribution >= 0.6 is 15.9 Å². The van der Waals surface area contributed by atoms with Crippen molar-refractivity contribution in [1.29, 1.82) is 0 Å². The molecule has 2 aromatic rings. The minimum atomic E-state index is -0.00742. The van der Waals surface area contributed by atoms with Crippen LogP contribution in [0.3, 0.4) is 0 Å². The van der Waals surface area contributed by atoms with Crippen molar-refractivity contribution in [1.82, 2.24) is 9.88 Å². The molecule has 3 rings (SSSR count). The third kappa shape index (κ3) is 4.60. The van der Waals surface area contributed by atoms with Gasteiger partial charge in [-0.2, -0.15) is 0 Å². The highest BCUT2D eigenvalue weighted by molar-refractivity contribution is 9.10. The largest absolute Gasteiger partial charge is 0.493 e. The molecule has 1 amide bonds. The van der Waals surface area contributed by atoms with Gasteiger partial charge in [0.2, 0.25) is 0 Å². The van der Waals surface area contributed by atoms with Gasteiger partial charge in [-0.15, -0.1) is 0 Å². The Hall–Kier alpha value is -2.54. The number of benzene rings is 1. The maximum absolute atomic E-state index is 12.9. The summed E-state index contributed by atoms with van der Waals surface area (Å²) >= 11 is 3.40. The van der Waals surface area contributed by atoms with E-state index in [0.717, 1.165) is 23.4 Å². The topological polar surface area (TPSA) is 54.9 Å². The van der Waals surface area contributed by atoms with Crippen LogP contribution in [0.25, 0.3) is 0 Å². The van der Waals surface area contributed by atoms with Crippen molar-refractivity contribution in [3.63, 3.8) is 0 Å². The lowest BCUT2D eigenvalue weighted by atomic mass is 10.1. The first-order valence-corrected chi connectivity index (χ1v) is 9.49. The molecule has 0 N–H and O–H groups in total. The van der Waals surface area contributed by atoms with E-state index in [9.17, 15) is 4.79 Å². The van der Waals surface area contributed by atoms with Gasteiger partial charge in [-0.25, -0.2) is 4.98 Å². The summed E-state index contributed by atoms with van der Waals surface area (Å²) in [6.45, 7) is 6.81. The van der Waals surface area contributed by atoms with Gasteiger partial charge in [-0.3, -0.25) is 4.79 Å². The molecule has 1 aliphatic heterocycles. The standard InChI is InChI=1S/C20H22BrN3O3/c1-3-12-27-17-6-4-15(13-18(17)26-2)20(25)24-10-8-23(9-11-24)19-7-5-16(21)14-22-19/h3-7,13-14H,1,8-12H2,2H3. The zero-order valence-electron chi connectivity index (χ0n) is 15.2. The van der Waals surface area contributed by atoms with Gasteiger partial charge in [-0.1, -0.05) is 12.7 Å². The van der Waals surface area contributed by atoms with E-state index >= 15 is 0 Å². The number of amides is 1. The lowest BCUT2D eigenvalue weighted by molar-refractivity contribution is 0.0746. The fourth-order valence-corrected chi connectivity index (χ4v) is 3.18. The van der Waals surface area contributed by atoms with Gasteiger partial charge in [0.05, 0.1) is 7.11 Å². The minimum absolute atomic E-state index is 0.00742. The second-order valence-electron chi connectivity index (χ2n) is 6.08. The normalized spacial score (nSPS) is 14.0. The van der Waals surface area contributed by atoms with Crippen molar-refractivity contribution in [3.05, 3.63) is 59.2 Å². The van der Waals surface area contributed by atoms with E-state index in [1.165, 1.54) is 0 Å². The maximum Gasteiger partial charge on any atom is 0.254 e. The zero-order valence-corrected chi connectivity index (χ0v) is 16.8. The lowest BCUT2D eigenvalue weighted by Crippen LogP contribution is -2.49. The predicted molar refractivity (Wildman–Crippen MR) is 109 cm³/mol. The number of aromatic nitrogens is 1. The summed E-state index contributed by atoms with van der Waals surface area (Å²) in [7, 11) is 1.56. The molecule has 1 saturated heterocycles. The van der Waals surface area contributed by atoms with E-state index < -0.39 is 0 Å². The first-order valence-electron chi connectivity index (χ1n) is 8.70. The summed E-state index contributed by atoms with van der Waals surface area (Å²) in [5.41, 5.74) is 0.591. The number of hydrogen-bond acceptors (Lipinski definition) is 5. The van der Waals surface area contributed by atoms with Gasteiger partial charge in [0.15, 0.2) is 11.5 Å². The highest BCUT2D eigenvalue weighted by Gasteiger charge is 2.23. The van der Waals surface area contributed by atoms with Crippen molar-refractivity contribution < 1.29 is 14.3 Å².